The summed E-state index contributed by atoms with van der Waals surface area (Å²) in [6.45, 7) is 10.2. The first kappa shape index (κ1) is 17.2. The van der Waals surface area contributed by atoms with Gasteiger partial charge >= 0.3 is 0 Å². The summed E-state index contributed by atoms with van der Waals surface area (Å²) in [4.78, 5) is 32.6. The van der Waals surface area contributed by atoms with E-state index in [1.165, 1.54) is 0 Å². The van der Waals surface area contributed by atoms with E-state index in [1.54, 1.807) is 18.7 Å². The molecule has 0 bridgehead atoms. The molecule has 0 aliphatic carbocycles. The Morgan fingerprint density at radius 1 is 0.909 bits per heavy atom. The molecule has 7 nitrogen and oxygen atoms in total. The largest absolute Gasteiger partial charge is 0.339 e. The van der Waals surface area contributed by atoms with Crippen molar-refractivity contribution in [3.8, 4) is 0 Å². The fourth-order valence-electron chi connectivity index (χ4n) is 2.86. The molecule has 2 saturated heterocycles. The lowest BCUT2D eigenvalue weighted by atomic mass is 10.0. The molecule has 7 heteroatoms. The molecule has 2 heterocycles. The van der Waals surface area contributed by atoms with Crippen molar-refractivity contribution in [3.63, 3.8) is 0 Å². The molecule has 2 aliphatic heterocycles. The Kier molecular flexibility index (Phi) is 5.41. The summed E-state index contributed by atoms with van der Waals surface area (Å²) in [6, 6.07) is 0. The highest BCUT2D eigenvalue weighted by atomic mass is 16.2. The number of piperazine rings is 2. The van der Waals surface area contributed by atoms with E-state index >= 15 is 0 Å². The Hall–Kier alpha value is -1.18. The van der Waals surface area contributed by atoms with E-state index in [0.717, 1.165) is 39.3 Å². The predicted octanol–water partition coefficient (Wildman–Crippen LogP) is -1.36. The summed E-state index contributed by atoms with van der Waals surface area (Å²) < 4.78 is 0. The number of nitrogens with zero attached hydrogens (tertiary/aromatic N) is 4. The van der Waals surface area contributed by atoms with Crippen LogP contribution >= 0.6 is 0 Å². The Bertz CT molecular complexity index is 405. The summed E-state index contributed by atoms with van der Waals surface area (Å²) >= 11 is 0. The molecule has 2 aliphatic rings. The molecule has 2 rings (SSSR count). The van der Waals surface area contributed by atoms with Crippen LogP contribution in [0.25, 0.3) is 0 Å². The maximum absolute atomic E-state index is 12.3. The number of rotatable bonds is 3. The SMILES string of the molecule is CN1CCN(C(=O)CN2CCN(C(=O)C(C)(C)N)CC2)CC1. The Morgan fingerprint density at radius 2 is 1.41 bits per heavy atom. The number of carbonyl (C=O) groups excluding carboxylic acids is 2. The lowest BCUT2D eigenvalue weighted by Gasteiger charge is -2.38. The minimum Gasteiger partial charge on any atom is -0.339 e. The molecular weight excluding hydrogens is 282 g/mol. The number of nitrogens with two attached hydrogens (primary N) is 1. The standard InChI is InChI=1S/C15H29N5O2/c1-15(2,16)14(22)20-10-6-18(7-11-20)12-13(21)19-8-4-17(3)5-9-19/h4-12,16H2,1-3H3. The van der Waals surface area contributed by atoms with E-state index in [1.807, 2.05) is 4.90 Å². The minimum atomic E-state index is -0.822. The zero-order valence-corrected chi connectivity index (χ0v) is 14.0. The monoisotopic (exact) mass is 311 g/mol. The lowest BCUT2D eigenvalue weighted by molar-refractivity contribution is -0.138. The fraction of sp³-hybridized carbons (Fsp3) is 0.867. The van der Waals surface area contributed by atoms with Crippen LogP contribution in [0.5, 0.6) is 0 Å². The zero-order valence-electron chi connectivity index (χ0n) is 14.0. The van der Waals surface area contributed by atoms with Gasteiger partial charge in [-0.2, -0.15) is 0 Å². The molecule has 0 atom stereocenters. The number of hydrogen-bond donors (Lipinski definition) is 1. The molecule has 0 saturated carbocycles. The first-order chi connectivity index (χ1) is 10.3. The third-order valence-corrected chi connectivity index (χ3v) is 4.43. The van der Waals surface area contributed by atoms with Gasteiger partial charge in [-0.1, -0.05) is 0 Å². The second kappa shape index (κ2) is 6.93. The molecule has 2 amide bonds. The first-order valence-corrected chi connectivity index (χ1v) is 8.04. The summed E-state index contributed by atoms with van der Waals surface area (Å²) in [6.07, 6.45) is 0. The number of carbonyl (C=O) groups is 2. The molecule has 0 spiro atoms. The summed E-state index contributed by atoms with van der Waals surface area (Å²) in [5.41, 5.74) is 5.04. The van der Waals surface area contributed by atoms with Crippen LogP contribution in [0.2, 0.25) is 0 Å². The highest BCUT2D eigenvalue weighted by Gasteiger charge is 2.31. The van der Waals surface area contributed by atoms with E-state index in [4.69, 9.17) is 5.73 Å². The first-order valence-electron chi connectivity index (χ1n) is 8.04. The number of hydrogen-bond acceptors (Lipinski definition) is 5. The second-order valence-corrected chi connectivity index (χ2v) is 6.97. The second-order valence-electron chi connectivity index (χ2n) is 6.97. The van der Waals surface area contributed by atoms with Gasteiger partial charge in [-0.15, -0.1) is 0 Å². The number of amides is 2. The molecule has 22 heavy (non-hydrogen) atoms. The Morgan fingerprint density at radius 3 is 1.91 bits per heavy atom. The van der Waals surface area contributed by atoms with Gasteiger partial charge < -0.3 is 20.4 Å². The van der Waals surface area contributed by atoms with E-state index in [0.29, 0.717) is 19.6 Å². The van der Waals surface area contributed by atoms with Crippen LogP contribution in [0.15, 0.2) is 0 Å². The van der Waals surface area contributed by atoms with Gasteiger partial charge in [0.15, 0.2) is 0 Å². The van der Waals surface area contributed by atoms with Crippen molar-refractivity contribution in [2.75, 3.05) is 66.0 Å². The van der Waals surface area contributed by atoms with Crippen LogP contribution < -0.4 is 5.73 Å². The van der Waals surface area contributed by atoms with Crippen LogP contribution in [0.1, 0.15) is 13.8 Å². The van der Waals surface area contributed by atoms with Crippen molar-refractivity contribution in [1.82, 2.24) is 19.6 Å². The fourth-order valence-corrected chi connectivity index (χ4v) is 2.86. The van der Waals surface area contributed by atoms with Crippen LogP contribution in [-0.4, -0.2) is 103 Å². The average Bonchev–Trinajstić information content (AvgIpc) is 2.47. The van der Waals surface area contributed by atoms with E-state index < -0.39 is 5.54 Å². The topological polar surface area (TPSA) is 73.1 Å². The van der Waals surface area contributed by atoms with Crippen molar-refractivity contribution < 1.29 is 9.59 Å². The van der Waals surface area contributed by atoms with Crippen molar-refractivity contribution in [2.45, 2.75) is 19.4 Å². The van der Waals surface area contributed by atoms with Crippen molar-refractivity contribution in [1.29, 1.82) is 0 Å². The highest BCUT2D eigenvalue weighted by molar-refractivity contribution is 5.85. The maximum Gasteiger partial charge on any atom is 0.242 e. The van der Waals surface area contributed by atoms with Gasteiger partial charge in [0.05, 0.1) is 12.1 Å². The van der Waals surface area contributed by atoms with E-state index in [9.17, 15) is 9.59 Å². The Balaban J connectivity index is 1.75. The molecule has 126 valence electrons. The third kappa shape index (κ3) is 4.41. The molecule has 0 aromatic heterocycles. The van der Waals surface area contributed by atoms with E-state index in [2.05, 4.69) is 16.8 Å². The minimum absolute atomic E-state index is 0.0162. The highest BCUT2D eigenvalue weighted by Crippen LogP contribution is 2.09. The van der Waals surface area contributed by atoms with E-state index in [-0.39, 0.29) is 11.8 Å². The molecular formula is C15H29N5O2. The van der Waals surface area contributed by atoms with Gasteiger partial charge in [-0.05, 0) is 20.9 Å². The quantitative estimate of drug-likeness (QED) is 0.697. The molecule has 0 aromatic carbocycles. The van der Waals surface area contributed by atoms with Gasteiger partial charge in [-0.25, -0.2) is 0 Å². The van der Waals surface area contributed by atoms with Crippen molar-refractivity contribution in [3.05, 3.63) is 0 Å². The predicted molar refractivity (Wildman–Crippen MR) is 85.4 cm³/mol. The van der Waals surface area contributed by atoms with Gasteiger partial charge in [0.1, 0.15) is 0 Å². The molecule has 0 unspecified atom stereocenters. The van der Waals surface area contributed by atoms with Crippen LogP contribution in [0.4, 0.5) is 0 Å². The summed E-state index contributed by atoms with van der Waals surface area (Å²) in [7, 11) is 2.08. The van der Waals surface area contributed by atoms with Gasteiger partial charge in [0.2, 0.25) is 11.8 Å². The normalized spacial score (nSPS) is 22.0. The average molecular weight is 311 g/mol. The maximum atomic E-state index is 12.3. The summed E-state index contributed by atoms with van der Waals surface area (Å²) in [5.74, 6) is 0.185. The number of likely N-dealkylation sites (N-methyl/N-ethyl adjacent to an activating group) is 1. The molecule has 0 radical (unpaired) electrons. The summed E-state index contributed by atoms with van der Waals surface area (Å²) in [5, 5.41) is 0. The van der Waals surface area contributed by atoms with Gasteiger partial charge in [-0.3, -0.25) is 14.5 Å². The zero-order chi connectivity index (χ0) is 16.3. The third-order valence-electron chi connectivity index (χ3n) is 4.43. The van der Waals surface area contributed by atoms with Crippen molar-refractivity contribution >= 4 is 11.8 Å². The van der Waals surface area contributed by atoms with Crippen molar-refractivity contribution in [2.24, 2.45) is 5.73 Å². The smallest absolute Gasteiger partial charge is 0.242 e. The van der Waals surface area contributed by atoms with Crippen LogP contribution in [-0.2, 0) is 9.59 Å². The van der Waals surface area contributed by atoms with Gasteiger partial charge in [0.25, 0.3) is 0 Å². The van der Waals surface area contributed by atoms with Crippen LogP contribution in [0.3, 0.4) is 0 Å². The van der Waals surface area contributed by atoms with Gasteiger partial charge in [0, 0.05) is 52.4 Å². The van der Waals surface area contributed by atoms with Crippen LogP contribution in [0, 0.1) is 0 Å². The Labute approximate surface area is 133 Å². The molecule has 2 N–H and O–H groups in total. The molecule has 0 aromatic rings. The molecule has 2 fully saturated rings. The lowest BCUT2D eigenvalue weighted by Crippen LogP contribution is -2.58.